The highest BCUT2D eigenvalue weighted by atomic mass is 16.5. The molecule has 3 heteroatoms. The summed E-state index contributed by atoms with van der Waals surface area (Å²) in [6, 6.07) is 5.80. The third-order valence-electron chi connectivity index (χ3n) is 3.25. The fourth-order valence-electron chi connectivity index (χ4n) is 2.21. The third-order valence-corrected chi connectivity index (χ3v) is 3.25. The summed E-state index contributed by atoms with van der Waals surface area (Å²) in [4.78, 5) is 14.2. The fourth-order valence-corrected chi connectivity index (χ4v) is 2.21. The van der Waals surface area contributed by atoms with Crippen LogP contribution >= 0.6 is 0 Å². The lowest BCUT2D eigenvalue weighted by molar-refractivity contribution is 0.0792. The van der Waals surface area contributed by atoms with Gasteiger partial charge in [0, 0.05) is 18.7 Å². The summed E-state index contributed by atoms with van der Waals surface area (Å²) >= 11 is 0. The molecule has 0 bridgehead atoms. The lowest BCUT2D eigenvalue weighted by Gasteiger charge is -2.16. The van der Waals surface area contributed by atoms with Crippen LogP contribution < -0.4 is 4.74 Å². The molecule has 1 aromatic rings. The molecule has 0 saturated carbocycles. The number of methoxy groups -OCH3 is 1. The molecule has 0 spiro atoms. The lowest BCUT2D eigenvalue weighted by atomic mass is 10.1. The van der Waals surface area contributed by atoms with Crippen molar-refractivity contribution in [2.45, 2.75) is 26.2 Å². The Hall–Kier alpha value is -1.51. The van der Waals surface area contributed by atoms with Crippen molar-refractivity contribution in [2.75, 3.05) is 20.2 Å². The number of likely N-dealkylation sites (tertiary alicyclic amines) is 1. The van der Waals surface area contributed by atoms with E-state index in [-0.39, 0.29) is 5.91 Å². The highest BCUT2D eigenvalue weighted by Gasteiger charge is 2.20. The molecule has 0 N–H and O–H groups in total. The van der Waals surface area contributed by atoms with E-state index >= 15 is 0 Å². The number of carbonyl (C=O) groups is 1. The number of rotatable bonds is 3. The molecular formula is C14H19NO2. The van der Waals surface area contributed by atoms with Crippen molar-refractivity contribution in [1.29, 1.82) is 0 Å². The first-order valence-corrected chi connectivity index (χ1v) is 6.22. The van der Waals surface area contributed by atoms with Gasteiger partial charge in [0.05, 0.1) is 7.11 Å². The van der Waals surface area contributed by atoms with Crippen LogP contribution in [0.3, 0.4) is 0 Å². The Balaban J connectivity index is 2.26. The highest BCUT2D eigenvalue weighted by molar-refractivity contribution is 5.95. The Morgan fingerprint density at radius 3 is 2.59 bits per heavy atom. The number of ether oxygens (including phenoxy) is 1. The second-order valence-electron chi connectivity index (χ2n) is 4.42. The molecule has 17 heavy (non-hydrogen) atoms. The molecule has 0 aliphatic carbocycles. The number of hydrogen-bond donors (Lipinski definition) is 0. The minimum Gasteiger partial charge on any atom is -0.497 e. The van der Waals surface area contributed by atoms with Crippen LogP contribution in [0.15, 0.2) is 18.2 Å². The number of benzene rings is 1. The van der Waals surface area contributed by atoms with Gasteiger partial charge in [0.2, 0.25) is 0 Å². The van der Waals surface area contributed by atoms with E-state index in [1.54, 1.807) is 7.11 Å². The van der Waals surface area contributed by atoms with Gasteiger partial charge in [0.1, 0.15) is 5.75 Å². The number of amides is 1. The van der Waals surface area contributed by atoms with E-state index in [9.17, 15) is 4.79 Å². The van der Waals surface area contributed by atoms with Gasteiger partial charge in [-0.15, -0.1) is 0 Å². The summed E-state index contributed by atoms with van der Waals surface area (Å²) in [5.41, 5.74) is 1.90. The predicted octanol–water partition coefficient (Wildman–Crippen LogP) is 2.49. The highest BCUT2D eigenvalue weighted by Crippen LogP contribution is 2.20. The van der Waals surface area contributed by atoms with Crippen LogP contribution in [0, 0.1) is 0 Å². The van der Waals surface area contributed by atoms with Crippen LogP contribution in [0.1, 0.15) is 35.7 Å². The van der Waals surface area contributed by atoms with Crippen molar-refractivity contribution in [3.8, 4) is 5.75 Å². The first kappa shape index (κ1) is 12.0. The maximum Gasteiger partial charge on any atom is 0.253 e. The van der Waals surface area contributed by atoms with Gasteiger partial charge in [-0.1, -0.05) is 6.92 Å². The van der Waals surface area contributed by atoms with E-state index in [1.165, 1.54) is 0 Å². The van der Waals surface area contributed by atoms with E-state index < -0.39 is 0 Å². The van der Waals surface area contributed by atoms with Crippen LogP contribution in [-0.2, 0) is 6.42 Å². The summed E-state index contributed by atoms with van der Waals surface area (Å²) in [7, 11) is 1.64. The van der Waals surface area contributed by atoms with E-state index in [4.69, 9.17) is 4.74 Å². The zero-order valence-corrected chi connectivity index (χ0v) is 10.5. The molecule has 1 fully saturated rings. The third kappa shape index (κ3) is 2.60. The monoisotopic (exact) mass is 233 g/mol. The van der Waals surface area contributed by atoms with E-state index in [0.29, 0.717) is 0 Å². The smallest absolute Gasteiger partial charge is 0.253 e. The van der Waals surface area contributed by atoms with Crippen LogP contribution in [-0.4, -0.2) is 31.0 Å². The minimum atomic E-state index is 0.135. The summed E-state index contributed by atoms with van der Waals surface area (Å²) < 4.78 is 5.24. The first-order chi connectivity index (χ1) is 8.24. The first-order valence-electron chi connectivity index (χ1n) is 6.22. The van der Waals surface area contributed by atoms with Crippen molar-refractivity contribution in [1.82, 2.24) is 4.90 Å². The van der Waals surface area contributed by atoms with Gasteiger partial charge >= 0.3 is 0 Å². The maximum atomic E-state index is 12.3. The van der Waals surface area contributed by atoms with Gasteiger partial charge in [-0.25, -0.2) is 0 Å². The summed E-state index contributed by atoms with van der Waals surface area (Å²) in [5.74, 6) is 0.906. The molecule has 1 aromatic carbocycles. The van der Waals surface area contributed by atoms with Gasteiger partial charge in [-0.3, -0.25) is 4.79 Å². The van der Waals surface area contributed by atoms with Crippen molar-refractivity contribution < 1.29 is 9.53 Å². The van der Waals surface area contributed by atoms with Crippen LogP contribution in [0.5, 0.6) is 5.75 Å². The normalized spacial score (nSPS) is 15.1. The molecule has 3 nitrogen and oxygen atoms in total. The molecule has 0 radical (unpaired) electrons. The van der Waals surface area contributed by atoms with Crippen LogP contribution in [0.2, 0.25) is 0 Å². The second kappa shape index (κ2) is 5.21. The van der Waals surface area contributed by atoms with Crippen LogP contribution in [0.25, 0.3) is 0 Å². The Labute approximate surface area is 102 Å². The molecule has 92 valence electrons. The van der Waals surface area contributed by atoms with E-state index in [1.807, 2.05) is 23.1 Å². The molecule has 1 heterocycles. The summed E-state index contributed by atoms with van der Waals surface area (Å²) in [6.45, 7) is 3.86. The van der Waals surface area contributed by atoms with Crippen molar-refractivity contribution in [3.05, 3.63) is 29.3 Å². The molecule has 1 aliphatic heterocycles. The molecule has 0 unspecified atom stereocenters. The van der Waals surface area contributed by atoms with Crippen molar-refractivity contribution in [3.63, 3.8) is 0 Å². The molecule has 0 atom stereocenters. The maximum absolute atomic E-state index is 12.3. The number of aryl methyl sites for hydroxylation is 1. The Bertz CT molecular complexity index is 386. The number of carbonyl (C=O) groups excluding carboxylic acids is 1. The van der Waals surface area contributed by atoms with Crippen molar-refractivity contribution in [2.24, 2.45) is 0 Å². The van der Waals surface area contributed by atoms with Crippen LogP contribution in [0.4, 0.5) is 0 Å². The summed E-state index contributed by atoms with van der Waals surface area (Å²) in [6.07, 6.45) is 3.16. The molecule has 1 saturated heterocycles. The predicted molar refractivity (Wildman–Crippen MR) is 67.5 cm³/mol. The van der Waals surface area contributed by atoms with E-state index in [2.05, 4.69) is 6.92 Å². The molecule has 1 aliphatic rings. The number of hydrogen-bond acceptors (Lipinski definition) is 2. The lowest BCUT2D eigenvalue weighted by Crippen LogP contribution is -2.27. The fraction of sp³-hybridized carbons (Fsp3) is 0.500. The van der Waals surface area contributed by atoms with E-state index in [0.717, 1.165) is 49.2 Å². The van der Waals surface area contributed by atoms with Gasteiger partial charge in [0.25, 0.3) is 5.91 Å². The molecular weight excluding hydrogens is 214 g/mol. The zero-order valence-electron chi connectivity index (χ0n) is 10.5. The number of nitrogens with zero attached hydrogens (tertiary/aromatic N) is 1. The largest absolute Gasteiger partial charge is 0.497 e. The SMILES string of the molecule is CCc1cc(OC)cc(C(=O)N2CCCC2)c1. The quantitative estimate of drug-likeness (QED) is 0.802. The minimum absolute atomic E-state index is 0.135. The van der Waals surface area contributed by atoms with Crippen molar-refractivity contribution >= 4 is 5.91 Å². The Morgan fingerprint density at radius 1 is 1.29 bits per heavy atom. The summed E-state index contributed by atoms with van der Waals surface area (Å²) in [5, 5.41) is 0. The Kier molecular flexibility index (Phi) is 3.67. The Morgan fingerprint density at radius 2 is 2.00 bits per heavy atom. The van der Waals surface area contributed by atoms with Gasteiger partial charge in [0.15, 0.2) is 0 Å². The molecule has 0 aromatic heterocycles. The van der Waals surface area contributed by atoms with Gasteiger partial charge in [-0.05, 0) is 43.0 Å². The molecule has 2 rings (SSSR count). The average Bonchev–Trinajstić information content (AvgIpc) is 2.91. The topological polar surface area (TPSA) is 29.5 Å². The molecule has 1 amide bonds. The second-order valence-corrected chi connectivity index (χ2v) is 4.42. The standard InChI is InChI=1S/C14H19NO2/c1-3-11-8-12(10-13(9-11)17-2)14(16)15-6-4-5-7-15/h8-10H,3-7H2,1-2H3. The average molecular weight is 233 g/mol. The van der Waals surface area contributed by atoms with Gasteiger partial charge in [-0.2, -0.15) is 0 Å². The zero-order chi connectivity index (χ0) is 12.3. The van der Waals surface area contributed by atoms with Gasteiger partial charge < -0.3 is 9.64 Å².